The average Bonchev–Trinajstić information content (AvgIpc) is 3.17. The predicted molar refractivity (Wildman–Crippen MR) is 119 cm³/mol. The lowest BCUT2D eigenvalue weighted by atomic mass is 9.97. The third-order valence-corrected chi connectivity index (χ3v) is 6.37. The van der Waals surface area contributed by atoms with Gasteiger partial charge in [0, 0.05) is 21.9 Å². The molecule has 1 amide bonds. The summed E-state index contributed by atoms with van der Waals surface area (Å²) in [5.74, 6) is -0.406. The predicted octanol–water partition coefficient (Wildman–Crippen LogP) is 6.28. The number of hydrogen-bond donors (Lipinski definition) is 2. The lowest BCUT2D eigenvalue weighted by molar-refractivity contribution is -0.173. The van der Waals surface area contributed by atoms with Gasteiger partial charge in [-0.25, -0.2) is 4.68 Å². The molecule has 0 spiro atoms. The molecule has 0 saturated heterocycles. The number of nitrogens with zero attached hydrogens (tertiary/aromatic N) is 2. The topological polar surface area (TPSA) is 59.0 Å². The maximum atomic E-state index is 13.8. The Labute approximate surface area is 189 Å². The molecule has 1 aromatic heterocycles. The van der Waals surface area contributed by atoms with E-state index >= 15 is 0 Å². The number of alkyl halides is 3. The highest BCUT2D eigenvalue weighted by molar-refractivity contribution is 9.10. The van der Waals surface area contributed by atoms with Gasteiger partial charge in [-0.2, -0.15) is 18.3 Å². The summed E-state index contributed by atoms with van der Waals surface area (Å²) in [5, 5.41) is 9.84. The minimum atomic E-state index is -4.50. The molecule has 2 aromatic carbocycles. The van der Waals surface area contributed by atoms with Gasteiger partial charge in [-0.1, -0.05) is 40.2 Å². The van der Waals surface area contributed by atoms with Crippen molar-refractivity contribution >= 4 is 45.1 Å². The lowest BCUT2D eigenvalue weighted by Gasteiger charge is -2.33. The zero-order chi connectivity index (χ0) is 22.2. The zero-order valence-corrected chi connectivity index (χ0v) is 18.7. The number of fused-ring (bicyclic) bond motifs is 1. The van der Waals surface area contributed by atoms with Crippen LogP contribution in [0.15, 0.2) is 64.0 Å². The molecular weight excluding hydrogens is 493 g/mol. The van der Waals surface area contributed by atoms with Crippen molar-refractivity contribution in [3.63, 3.8) is 0 Å². The van der Waals surface area contributed by atoms with Crippen LogP contribution < -0.4 is 10.6 Å². The smallest absolute Gasteiger partial charge is 0.363 e. The third kappa shape index (κ3) is 4.59. The fourth-order valence-corrected chi connectivity index (χ4v) is 4.35. The van der Waals surface area contributed by atoms with Gasteiger partial charge in [-0.05, 0) is 36.1 Å². The van der Waals surface area contributed by atoms with Crippen LogP contribution in [0.25, 0.3) is 0 Å². The van der Waals surface area contributed by atoms with Gasteiger partial charge < -0.3 is 10.6 Å². The Bertz CT molecular complexity index is 1100. The van der Waals surface area contributed by atoms with Crippen molar-refractivity contribution < 1.29 is 18.0 Å². The summed E-state index contributed by atoms with van der Waals surface area (Å²) in [6.45, 7) is 0. The molecule has 162 valence electrons. The van der Waals surface area contributed by atoms with Crippen LogP contribution in [0.3, 0.4) is 0 Å². The molecule has 4 rings (SSSR count). The minimum absolute atomic E-state index is 0.0795. The highest BCUT2D eigenvalue weighted by Crippen LogP contribution is 2.43. The molecule has 1 aliphatic rings. The SMILES string of the molecule is CSc1ccccc1NC(=O)c1cc2n(n1)[C@@H](C(F)(F)F)C[C@@H](c1ccc(Br)cc1)N2. The van der Waals surface area contributed by atoms with Crippen LogP contribution in [0.1, 0.15) is 34.6 Å². The van der Waals surface area contributed by atoms with E-state index in [1.54, 1.807) is 36.4 Å². The summed E-state index contributed by atoms with van der Waals surface area (Å²) in [6.07, 6.45) is -2.85. The second-order valence-electron chi connectivity index (χ2n) is 7.06. The monoisotopic (exact) mass is 510 g/mol. The largest absolute Gasteiger partial charge is 0.410 e. The molecule has 3 aromatic rings. The second kappa shape index (κ2) is 8.58. The van der Waals surface area contributed by atoms with E-state index in [-0.39, 0.29) is 17.9 Å². The first-order chi connectivity index (χ1) is 14.8. The number of carbonyl (C=O) groups is 1. The van der Waals surface area contributed by atoms with E-state index in [1.807, 2.05) is 18.4 Å². The Kier molecular flexibility index (Phi) is 6.02. The average molecular weight is 511 g/mol. The van der Waals surface area contributed by atoms with E-state index in [1.165, 1.54) is 17.8 Å². The van der Waals surface area contributed by atoms with E-state index in [0.29, 0.717) is 5.69 Å². The number of carbonyl (C=O) groups excluding carboxylic acids is 1. The van der Waals surface area contributed by atoms with Gasteiger partial charge in [-0.3, -0.25) is 4.79 Å². The normalized spacial score (nSPS) is 18.2. The molecule has 0 fully saturated rings. The van der Waals surface area contributed by atoms with E-state index in [4.69, 9.17) is 0 Å². The van der Waals surface area contributed by atoms with Crippen molar-refractivity contribution in [1.29, 1.82) is 0 Å². The van der Waals surface area contributed by atoms with Gasteiger partial charge in [0.2, 0.25) is 0 Å². The Morgan fingerprint density at radius 2 is 1.94 bits per heavy atom. The van der Waals surface area contributed by atoms with Crippen LogP contribution in [-0.4, -0.2) is 28.1 Å². The molecule has 0 aliphatic carbocycles. The summed E-state index contributed by atoms with van der Waals surface area (Å²) in [4.78, 5) is 13.6. The highest BCUT2D eigenvalue weighted by Gasteiger charge is 2.46. The third-order valence-electron chi connectivity index (χ3n) is 5.05. The lowest BCUT2D eigenvalue weighted by Crippen LogP contribution is -2.35. The molecule has 2 heterocycles. The number of para-hydroxylation sites is 1. The number of aromatic nitrogens is 2. The number of rotatable bonds is 4. The second-order valence-corrected chi connectivity index (χ2v) is 8.82. The van der Waals surface area contributed by atoms with Crippen molar-refractivity contribution in [3.8, 4) is 0 Å². The molecule has 31 heavy (non-hydrogen) atoms. The van der Waals surface area contributed by atoms with Gasteiger partial charge in [0.05, 0.1) is 11.7 Å². The summed E-state index contributed by atoms with van der Waals surface area (Å²) in [7, 11) is 0. The number of halogens is 4. The molecule has 2 atom stereocenters. The Morgan fingerprint density at radius 1 is 1.23 bits per heavy atom. The van der Waals surface area contributed by atoms with Crippen molar-refractivity contribution in [2.45, 2.75) is 29.6 Å². The first-order valence-corrected chi connectivity index (χ1v) is 11.4. The van der Waals surface area contributed by atoms with Gasteiger partial charge in [0.25, 0.3) is 5.91 Å². The summed E-state index contributed by atoms with van der Waals surface area (Å²) in [5.41, 5.74) is 1.23. The van der Waals surface area contributed by atoms with E-state index < -0.39 is 24.2 Å². The van der Waals surface area contributed by atoms with Gasteiger partial charge >= 0.3 is 6.18 Å². The summed E-state index contributed by atoms with van der Waals surface area (Å²) in [6, 6.07) is 13.3. The number of anilines is 2. The molecule has 0 bridgehead atoms. The number of nitrogens with one attached hydrogen (secondary N) is 2. The zero-order valence-electron chi connectivity index (χ0n) is 16.3. The van der Waals surface area contributed by atoms with Gasteiger partial charge in [0.15, 0.2) is 11.7 Å². The van der Waals surface area contributed by atoms with Gasteiger partial charge in [0.1, 0.15) is 5.82 Å². The first kappa shape index (κ1) is 21.8. The number of hydrogen-bond acceptors (Lipinski definition) is 4. The van der Waals surface area contributed by atoms with Crippen molar-refractivity contribution in [2.75, 3.05) is 16.9 Å². The Morgan fingerprint density at radius 3 is 2.61 bits per heavy atom. The van der Waals surface area contributed by atoms with Crippen LogP contribution in [0.2, 0.25) is 0 Å². The number of amides is 1. The maximum Gasteiger partial charge on any atom is 0.410 e. The summed E-state index contributed by atoms with van der Waals surface area (Å²) < 4.78 is 43.2. The van der Waals surface area contributed by atoms with Crippen molar-refractivity contribution in [2.24, 2.45) is 0 Å². The molecule has 1 aliphatic heterocycles. The number of thioether (sulfide) groups is 1. The fraction of sp³-hybridized carbons (Fsp3) is 0.238. The van der Waals surface area contributed by atoms with Crippen molar-refractivity contribution in [3.05, 3.63) is 70.3 Å². The standard InChI is InChI=1S/C21H18BrF3N4OS/c1-31-17-5-3-2-4-14(17)27-20(30)16-11-19-26-15(12-6-8-13(22)9-7-12)10-18(21(23,24)25)29(19)28-16/h2-9,11,15,18,26H,10H2,1H3,(H,27,30)/t15-,18+/m0/s1. The molecule has 5 nitrogen and oxygen atoms in total. The highest BCUT2D eigenvalue weighted by atomic mass is 79.9. The summed E-state index contributed by atoms with van der Waals surface area (Å²) >= 11 is 4.79. The molecule has 10 heteroatoms. The van der Waals surface area contributed by atoms with Crippen molar-refractivity contribution in [1.82, 2.24) is 9.78 Å². The quantitative estimate of drug-likeness (QED) is 0.405. The van der Waals surface area contributed by atoms with Crippen LogP contribution in [0.5, 0.6) is 0 Å². The molecule has 0 saturated carbocycles. The first-order valence-electron chi connectivity index (χ1n) is 9.39. The van der Waals surface area contributed by atoms with E-state index in [0.717, 1.165) is 19.6 Å². The van der Waals surface area contributed by atoms with E-state index in [2.05, 4.69) is 31.7 Å². The van der Waals surface area contributed by atoms with Gasteiger partial charge in [-0.15, -0.1) is 11.8 Å². The number of benzene rings is 2. The molecular formula is C21H18BrF3N4OS. The maximum absolute atomic E-state index is 13.8. The van der Waals surface area contributed by atoms with E-state index in [9.17, 15) is 18.0 Å². The minimum Gasteiger partial charge on any atom is -0.363 e. The van der Waals surface area contributed by atoms with Crippen LogP contribution in [-0.2, 0) is 0 Å². The van der Waals surface area contributed by atoms with Crippen LogP contribution in [0.4, 0.5) is 24.7 Å². The molecule has 0 radical (unpaired) electrons. The van der Waals surface area contributed by atoms with Crippen LogP contribution >= 0.6 is 27.7 Å². The molecule has 2 N–H and O–H groups in total. The fourth-order valence-electron chi connectivity index (χ4n) is 3.53. The Balaban J connectivity index is 1.64. The Hall–Kier alpha value is -2.46. The van der Waals surface area contributed by atoms with Crippen LogP contribution in [0, 0.1) is 0 Å². The molecule has 0 unspecified atom stereocenters.